The van der Waals surface area contributed by atoms with Gasteiger partial charge in [-0.2, -0.15) is 0 Å². The van der Waals surface area contributed by atoms with Crippen LogP contribution < -0.4 is 10.6 Å². The van der Waals surface area contributed by atoms with E-state index in [-0.39, 0.29) is 11.3 Å². The SMILES string of the molecule is CNC[C@@]1(c2cccc(Cl)c2)CC1CN1CCC(NC(=O)Cc2ccccc2)CC1. The van der Waals surface area contributed by atoms with Crippen molar-refractivity contribution < 1.29 is 4.79 Å². The third-order valence-electron chi connectivity index (χ3n) is 6.76. The Bertz CT molecular complexity index is 850. The van der Waals surface area contributed by atoms with Gasteiger partial charge in [0.1, 0.15) is 0 Å². The molecule has 1 unspecified atom stereocenters. The molecule has 0 aromatic heterocycles. The van der Waals surface area contributed by atoms with E-state index in [9.17, 15) is 4.79 Å². The van der Waals surface area contributed by atoms with Gasteiger partial charge in [0.15, 0.2) is 0 Å². The number of nitrogens with zero attached hydrogens (tertiary/aromatic N) is 1. The average Bonchev–Trinajstić information content (AvgIpc) is 3.43. The number of benzene rings is 2. The van der Waals surface area contributed by atoms with Crippen molar-refractivity contribution in [2.45, 2.75) is 37.1 Å². The number of nitrogens with one attached hydrogen (secondary N) is 2. The number of carbonyl (C=O) groups is 1. The lowest BCUT2D eigenvalue weighted by atomic mass is 9.92. The lowest BCUT2D eigenvalue weighted by Gasteiger charge is -2.33. The molecule has 2 aromatic rings. The van der Waals surface area contributed by atoms with Crippen molar-refractivity contribution >= 4 is 17.5 Å². The Morgan fingerprint density at radius 3 is 2.60 bits per heavy atom. The van der Waals surface area contributed by atoms with Gasteiger partial charge in [0.25, 0.3) is 0 Å². The second kappa shape index (κ2) is 9.51. The molecule has 2 aromatic carbocycles. The number of piperidine rings is 1. The fourth-order valence-electron chi connectivity index (χ4n) is 5.04. The number of amides is 1. The smallest absolute Gasteiger partial charge is 0.224 e. The van der Waals surface area contributed by atoms with Crippen LogP contribution >= 0.6 is 11.6 Å². The fraction of sp³-hybridized carbons (Fsp3) is 0.480. The highest BCUT2D eigenvalue weighted by atomic mass is 35.5. The number of carbonyl (C=O) groups excluding carboxylic acids is 1. The average molecular weight is 426 g/mol. The van der Waals surface area contributed by atoms with E-state index in [1.54, 1.807) is 0 Å². The minimum atomic E-state index is 0.135. The quantitative estimate of drug-likeness (QED) is 0.678. The first-order valence-electron chi connectivity index (χ1n) is 11.1. The first kappa shape index (κ1) is 21.4. The van der Waals surface area contributed by atoms with Crippen LogP contribution in [0.1, 0.15) is 30.4 Å². The summed E-state index contributed by atoms with van der Waals surface area (Å²) in [5.74, 6) is 0.795. The Labute approximate surface area is 185 Å². The maximum atomic E-state index is 12.3. The molecular weight excluding hydrogens is 394 g/mol. The number of likely N-dealkylation sites (tertiary alicyclic amines) is 1. The fourth-order valence-corrected chi connectivity index (χ4v) is 5.23. The molecule has 2 N–H and O–H groups in total. The van der Waals surface area contributed by atoms with Gasteiger partial charge in [-0.15, -0.1) is 0 Å². The molecule has 1 aliphatic heterocycles. The number of rotatable bonds is 8. The summed E-state index contributed by atoms with van der Waals surface area (Å²) in [4.78, 5) is 14.9. The predicted molar refractivity (Wildman–Crippen MR) is 123 cm³/mol. The second-order valence-electron chi connectivity index (χ2n) is 8.90. The van der Waals surface area contributed by atoms with Gasteiger partial charge in [0.2, 0.25) is 5.91 Å². The van der Waals surface area contributed by atoms with Crippen LogP contribution in [0.5, 0.6) is 0 Å². The maximum Gasteiger partial charge on any atom is 0.224 e. The molecule has 4 nitrogen and oxygen atoms in total. The molecule has 5 heteroatoms. The minimum absolute atomic E-state index is 0.135. The third-order valence-corrected chi connectivity index (χ3v) is 7.00. The summed E-state index contributed by atoms with van der Waals surface area (Å²) in [7, 11) is 2.03. The third kappa shape index (κ3) is 5.05. The van der Waals surface area contributed by atoms with Crippen LogP contribution in [0.3, 0.4) is 0 Å². The lowest BCUT2D eigenvalue weighted by Crippen LogP contribution is -2.46. The van der Waals surface area contributed by atoms with E-state index >= 15 is 0 Å². The minimum Gasteiger partial charge on any atom is -0.353 e. The van der Waals surface area contributed by atoms with Crippen LogP contribution in [0.25, 0.3) is 0 Å². The summed E-state index contributed by atoms with van der Waals surface area (Å²) in [6.07, 6.45) is 3.74. The zero-order valence-corrected chi connectivity index (χ0v) is 18.5. The summed E-state index contributed by atoms with van der Waals surface area (Å²) in [6, 6.07) is 18.6. The molecule has 0 bridgehead atoms. The molecule has 1 saturated heterocycles. The zero-order valence-electron chi connectivity index (χ0n) is 17.7. The summed E-state index contributed by atoms with van der Waals surface area (Å²) >= 11 is 6.26. The molecule has 2 aliphatic rings. The number of likely N-dealkylation sites (N-methyl/N-ethyl adjacent to an activating group) is 1. The molecule has 2 fully saturated rings. The van der Waals surface area contributed by atoms with E-state index in [4.69, 9.17) is 11.6 Å². The van der Waals surface area contributed by atoms with Crippen molar-refractivity contribution in [1.82, 2.24) is 15.5 Å². The van der Waals surface area contributed by atoms with Crippen molar-refractivity contribution in [3.63, 3.8) is 0 Å². The van der Waals surface area contributed by atoms with E-state index < -0.39 is 0 Å². The summed E-state index contributed by atoms with van der Waals surface area (Å²) in [5, 5.41) is 7.45. The van der Waals surface area contributed by atoms with E-state index in [0.717, 1.165) is 49.6 Å². The van der Waals surface area contributed by atoms with E-state index in [0.29, 0.717) is 18.4 Å². The van der Waals surface area contributed by atoms with Crippen molar-refractivity contribution in [2.75, 3.05) is 33.2 Å². The highest BCUT2D eigenvalue weighted by Crippen LogP contribution is 2.54. The predicted octanol–water partition coefficient (Wildman–Crippen LogP) is 3.64. The molecule has 4 rings (SSSR count). The van der Waals surface area contributed by atoms with Crippen LogP contribution in [-0.2, 0) is 16.6 Å². The highest BCUT2D eigenvalue weighted by molar-refractivity contribution is 6.30. The standard InChI is InChI=1S/C25H32ClN3O/c1-27-18-25(20-8-5-9-22(26)15-20)16-21(25)17-29-12-10-23(11-13-29)28-24(30)14-19-6-3-2-4-7-19/h2-9,15,21,23,27H,10-14,16-18H2,1H3,(H,28,30)/t21?,25-/m1/s1. The Kier molecular flexibility index (Phi) is 6.77. The highest BCUT2D eigenvalue weighted by Gasteiger charge is 2.54. The monoisotopic (exact) mass is 425 g/mol. The summed E-state index contributed by atoms with van der Waals surface area (Å²) < 4.78 is 0. The number of hydrogen-bond acceptors (Lipinski definition) is 3. The first-order chi connectivity index (χ1) is 14.6. The molecule has 30 heavy (non-hydrogen) atoms. The molecular formula is C25H32ClN3O. The van der Waals surface area contributed by atoms with Gasteiger partial charge in [0, 0.05) is 42.7 Å². The normalized spacial score (nSPS) is 24.5. The van der Waals surface area contributed by atoms with Gasteiger partial charge in [-0.05, 0) is 55.5 Å². The Morgan fingerprint density at radius 2 is 1.90 bits per heavy atom. The topological polar surface area (TPSA) is 44.4 Å². The van der Waals surface area contributed by atoms with E-state index in [2.05, 4.69) is 33.7 Å². The van der Waals surface area contributed by atoms with Crippen LogP contribution in [0, 0.1) is 5.92 Å². The molecule has 2 atom stereocenters. The van der Waals surface area contributed by atoms with Gasteiger partial charge < -0.3 is 15.5 Å². The number of hydrogen-bond donors (Lipinski definition) is 2. The van der Waals surface area contributed by atoms with Gasteiger partial charge in [-0.25, -0.2) is 0 Å². The lowest BCUT2D eigenvalue weighted by molar-refractivity contribution is -0.121. The van der Waals surface area contributed by atoms with Crippen LogP contribution in [0.15, 0.2) is 54.6 Å². The van der Waals surface area contributed by atoms with Gasteiger partial charge in [-0.3, -0.25) is 4.79 Å². The largest absolute Gasteiger partial charge is 0.353 e. The molecule has 1 saturated carbocycles. The summed E-state index contributed by atoms with van der Waals surface area (Å²) in [6.45, 7) is 4.22. The van der Waals surface area contributed by atoms with Gasteiger partial charge >= 0.3 is 0 Å². The van der Waals surface area contributed by atoms with E-state index in [1.165, 1.54) is 12.0 Å². The molecule has 1 aliphatic carbocycles. The first-order valence-corrected chi connectivity index (χ1v) is 11.4. The Hall–Kier alpha value is -1.88. The second-order valence-corrected chi connectivity index (χ2v) is 9.34. The Balaban J connectivity index is 1.25. The molecule has 0 radical (unpaired) electrons. The van der Waals surface area contributed by atoms with E-state index in [1.807, 2.05) is 43.4 Å². The number of halogens is 1. The van der Waals surface area contributed by atoms with Crippen LogP contribution in [-0.4, -0.2) is 50.1 Å². The van der Waals surface area contributed by atoms with Gasteiger partial charge in [-0.1, -0.05) is 54.1 Å². The van der Waals surface area contributed by atoms with Crippen molar-refractivity contribution in [1.29, 1.82) is 0 Å². The zero-order chi connectivity index (χ0) is 21.0. The van der Waals surface area contributed by atoms with Crippen molar-refractivity contribution in [3.8, 4) is 0 Å². The molecule has 1 heterocycles. The molecule has 1 amide bonds. The maximum absolute atomic E-state index is 12.3. The van der Waals surface area contributed by atoms with Crippen LogP contribution in [0.4, 0.5) is 0 Å². The Morgan fingerprint density at radius 1 is 1.13 bits per heavy atom. The van der Waals surface area contributed by atoms with Crippen LogP contribution in [0.2, 0.25) is 5.02 Å². The van der Waals surface area contributed by atoms with Crippen molar-refractivity contribution in [2.24, 2.45) is 5.92 Å². The van der Waals surface area contributed by atoms with Crippen molar-refractivity contribution in [3.05, 3.63) is 70.7 Å². The van der Waals surface area contributed by atoms with Gasteiger partial charge in [0.05, 0.1) is 6.42 Å². The molecule has 160 valence electrons. The summed E-state index contributed by atoms with van der Waals surface area (Å²) in [5.41, 5.74) is 2.64. The molecule has 0 spiro atoms.